The summed E-state index contributed by atoms with van der Waals surface area (Å²) in [4.78, 5) is 31.2. The van der Waals surface area contributed by atoms with Crippen LogP contribution in [-0.2, 0) is 16.1 Å². The molecule has 166 valence electrons. The third-order valence-corrected chi connectivity index (χ3v) is 4.88. The maximum absolute atomic E-state index is 12.4. The second kappa shape index (κ2) is 10.8. The summed E-state index contributed by atoms with van der Waals surface area (Å²) in [6.07, 6.45) is 2.09. The molecule has 8 nitrogen and oxygen atoms in total. The van der Waals surface area contributed by atoms with Crippen LogP contribution in [0.25, 0.3) is 0 Å². The van der Waals surface area contributed by atoms with Gasteiger partial charge in [0.25, 0.3) is 5.91 Å². The first-order chi connectivity index (χ1) is 15.0. The van der Waals surface area contributed by atoms with E-state index in [9.17, 15) is 9.59 Å². The fourth-order valence-corrected chi connectivity index (χ4v) is 3.53. The van der Waals surface area contributed by atoms with Crippen LogP contribution in [0.3, 0.4) is 0 Å². The number of carbonyl (C=O) groups excluding carboxylic acids is 2. The molecule has 2 aromatic rings. The standard InChI is InChI=1S/C23H30N4O4/c1-4-30-20-8-6-5-7-19(20)23(29)26-13-22(28)25-12-18-9-10-21(24-11-18)27-14-16(2)31-17(3)15-27/h5-11,16-17H,4,12-15H2,1-3H3,(H,25,28)(H,26,29). The van der Waals surface area contributed by atoms with Crippen LogP contribution in [0.5, 0.6) is 5.75 Å². The maximum Gasteiger partial charge on any atom is 0.255 e. The molecule has 0 radical (unpaired) electrons. The number of aromatic nitrogens is 1. The highest BCUT2D eigenvalue weighted by molar-refractivity contribution is 5.98. The molecule has 8 heteroatoms. The van der Waals surface area contributed by atoms with Gasteiger partial charge in [0.2, 0.25) is 5.91 Å². The van der Waals surface area contributed by atoms with E-state index in [1.165, 1.54) is 0 Å². The van der Waals surface area contributed by atoms with Gasteiger partial charge in [-0.1, -0.05) is 18.2 Å². The first-order valence-corrected chi connectivity index (χ1v) is 10.6. The van der Waals surface area contributed by atoms with E-state index in [0.717, 1.165) is 24.5 Å². The molecule has 1 aliphatic rings. The lowest BCUT2D eigenvalue weighted by Crippen LogP contribution is -2.45. The van der Waals surface area contributed by atoms with Crippen LogP contribution in [0.1, 0.15) is 36.7 Å². The van der Waals surface area contributed by atoms with Crippen LogP contribution < -0.4 is 20.3 Å². The van der Waals surface area contributed by atoms with Gasteiger partial charge in [-0.05, 0) is 44.5 Å². The van der Waals surface area contributed by atoms with Crippen molar-refractivity contribution in [1.82, 2.24) is 15.6 Å². The average molecular weight is 427 g/mol. The van der Waals surface area contributed by atoms with E-state index in [2.05, 4.69) is 34.4 Å². The predicted molar refractivity (Wildman–Crippen MR) is 118 cm³/mol. The summed E-state index contributed by atoms with van der Waals surface area (Å²) in [6.45, 7) is 8.26. The van der Waals surface area contributed by atoms with Crippen molar-refractivity contribution in [3.63, 3.8) is 0 Å². The Kier molecular flexibility index (Phi) is 7.83. The number of pyridine rings is 1. The van der Waals surface area contributed by atoms with Crippen LogP contribution in [0.2, 0.25) is 0 Å². The zero-order chi connectivity index (χ0) is 22.2. The highest BCUT2D eigenvalue weighted by atomic mass is 16.5. The molecule has 2 atom stereocenters. The van der Waals surface area contributed by atoms with Gasteiger partial charge in [-0.2, -0.15) is 0 Å². The Bertz CT molecular complexity index is 877. The third kappa shape index (κ3) is 6.42. The predicted octanol–water partition coefficient (Wildman–Crippen LogP) is 2.14. The molecule has 1 aromatic carbocycles. The number of benzene rings is 1. The molecule has 0 aliphatic carbocycles. The first kappa shape index (κ1) is 22.6. The Balaban J connectivity index is 1.46. The van der Waals surface area contributed by atoms with Gasteiger partial charge in [0.15, 0.2) is 0 Å². The fraction of sp³-hybridized carbons (Fsp3) is 0.435. The van der Waals surface area contributed by atoms with E-state index >= 15 is 0 Å². The summed E-state index contributed by atoms with van der Waals surface area (Å²) in [5, 5.41) is 5.43. The van der Waals surface area contributed by atoms with E-state index in [4.69, 9.17) is 9.47 Å². The number of para-hydroxylation sites is 1. The number of ether oxygens (including phenoxy) is 2. The molecule has 1 fully saturated rings. The van der Waals surface area contributed by atoms with Crippen molar-refractivity contribution in [3.05, 3.63) is 53.7 Å². The quantitative estimate of drug-likeness (QED) is 0.672. The van der Waals surface area contributed by atoms with E-state index in [0.29, 0.717) is 24.5 Å². The molecule has 1 aliphatic heterocycles. The topological polar surface area (TPSA) is 92.8 Å². The number of amides is 2. The highest BCUT2D eigenvalue weighted by Crippen LogP contribution is 2.19. The molecular weight excluding hydrogens is 396 g/mol. The van der Waals surface area contributed by atoms with E-state index in [-0.39, 0.29) is 30.6 Å². The molecular formula is C23H30N4O4. The summed E-state index contributed by atoms with van der Waals surface area (Å²) in [5.41, 5.74) is 1.29. The molecule has 0 spiro atoms. The van der Waals surface area contributed by atoms with Crippen molar-refractivity contribution in [1.29, 1.82) is 0 Å². The van der Waals surface area contributed by atoms with E-state index < -0.39 is 0 Å². The molecule has 1 aromatic heterocycles. The number of carbonyl (C=O) groups is 2. The number of rotatable bonds is 8. The monoisotopic (exact) mass is 426 g/mol. The van der Waals surface area contributed by atoms with Crippen LogP contribution >= 0.6 is 0 Å². The lowest BCUT2D eigenvalue weighted by molar-refractivity contribution is -0.120. The summed E-state index contributed by atoms with van der Waals surface area (Å²) in [5.74, 6) is 0.775. The van der Waals surface area contributed by atoms with Crippen LogP contribution in [0, 0.1) is 0 Å². The average Bonchev–Trinajstić information content (AvgIpc) is 2.76. The Hall–Kier alpha value is -3.13. The Morgan fingerprint density at radius 2 is 1.87 bits per heavy atom. The Morgan fingerprint density at radius 3 is 2.55 bits per heavy atom. The molecule has 0 saturated carbocycles. The number of nitrogens with one attached hydrogen (secondary N) is 2. The van der Waals surface area contributed by atoms with Gasteiger partial charge in [0.05, 0.1) is 30.9 Å². The fourth-order valence-electron chi connectivity index (χ4n) is 3.53. The first-order valence-electron chi connectivity index (χ1n) is 10.6. The lowest BCUT2D eigenvalue weighted by Gasteiger charge is -2.36. The number of hydrogen-bond donors (Lipinski definition) is 2. The third-order valence-electron chi connectivity index (χ3n) is 4.88. The van der Waals surface area contributed by atoms with Gasteiger partial charge in [-0.25, -0.2) is 4.98 Å². The number of morpholine rings is 1. The number of nitrogens with zero attached hydrogens (tertiary/aromatic N) is 2. The van der Waals surface area contributed by atoms with Gasteiger partial charge in [-0.3, -0.25) is 9.59 Å². The van der Waals surface area contributed by atoms with Crippen molar-refractivity contribution in [2.75, 3.05) is 31.1 Å². The number of anilines is 1. The minimum Gasteiger partial charge on any atom is -0.493 e. The highest BCUT2D eigenvalue weighted by Gasteiger charge is 2.23. The second-order valence-corrected chi connectivity index (χ2v) is 7.58. The summed E-state index contributed by atoms with van der Waals surface area (Å²) in [7, 11) is 0. The Morgan fingerprint density at radius 1 is 1.13 bits per heavy atom. The van der Waals surface area contributed by atoms with Gasteiger partial charge >= 0.3 is 0 Å². The van der Waals surface area contributed by atoms with Gasteiger partial charge < -0.3 is 25.0 Å². The zero-order valence-electron chi connectivity index (χ0n) is 18.3. The SMILES string of the molecule is CCOc1ccccc1C(=O)NCC(=O)NCc1ccc(N2CC(C)OC(C)C2)nc1. The second-order valence-electron chi connectivity index (χ2n) is 7.58. The van der Waals surface area contributed by atoms with Crippen LogP contribution in [-0.4, -0.2) is 55.2 Å². The van der Waals surface area contributed by atoms with Crippen LogP contribution in [0.4, 0.5) is 5.82 Å². The molecule has 2 heterocycles. The minimum absolute atomic E-state index is 0.117. The molecule has 2 amide bonds. The maximum atomic E-state index is 12.4. The smallest absolute Gasteiger partial charge is 0.255 e. The van der Waals surface area contributed by atoms with Crippen molar-refractivity contribution >= 4 is 17.6 Å². The van der Waals surface area contributed by atoms with Gasteiger partial charge in [0.1, 0.15) is 11.6 Å². The van der Waals surface area contributed by atoms with Crippen molar-refractivity contribution in [2.24, 2.45) is 0 Å². The molecule has 31 heavy (non-hydrogen) atoms. The van der Waals surface area contributed by atoms with Gasteiger partial charge in [0, 0.05) is 25.8 Å². The number of hydrogen-bond acceptors (Lipinski definition) is 6. The lowest BCUT2D eigenvalue weighted by atomic mass is 10.2. The zero-order valence-corrected chi connectivity index (χ0v) is 18.3. The minimum atomic E-state index is -0.348. The summed E-state index contributed by atoms with van der Waals surface area (Å²) < 4.78 is 11.2. The molecule has 0 bridgehead atoms. The normalized spacial score (nSPS) is 18.4. The van der Waals surface area contributed by atoms with Crippen LogP contribution in [0.15, 0.2) is 42.6 Å². The van der Waals surface area contributed by atoms with Crippen molar-refractivity contribution < 1.29 is 19.1 Å². The van der Waals surface area contributed by atoms with Crippen molar-refractivity contribution in [3.8, 4) is 5.75 Å². The molecule has 2 N–H and O–H groups in total. The molecule has 2 unspecified atom stereocenters. The largest absolute Gasteiger partial charge is 0.493 e. The molecule has 1 saturated heterocycles. The van der Waals surface area contributed by atoms with E-state index in [1.807, 2.05) is 19.1 Å². The van der Waals surface area contributed by atoms with E-state index in [1.54, 1.807) is 30.5 Å². The molecule has 3 rings (SSSR count). The summed E-state index contributed by atoms with van der Waals surface area (Å²) in [6, 6.07) is 10.9. The van der Waals surface area contributed by atoms with Gasteiger partial charge in [-0.15, -0.1) is 0 Å². The summed E-state index contributed by atoms with van der Waals surface area (Å²) >= 11 is 0. The van der Waals surface area contributed by atoms with Crippen molar-refractivity contribution in [2.45, 2.75) is 39.5 Å². The Labute approximate surface area is 182 Å².